The van der Waals surface area contributed by atoms with E-state index in [1.165, 1.54) is 11.1 Å². The smallest absolute Gasteiger partial charge is 0.270 e. The average Bonchev–Trinajstić information content (AvgIpc) is 2.49. The first-order valence-electron chi connectivity index (χ1n) is 7.96. The molecule has 6 nitrogen and oxygen atoms in total. The van der Waals surface area contributed by atoms with Gasteiger partial charge < -0.3 is 15.4 Å². The molecule has 0 saturated carbocycles. The molecule has 1 amide bonds. The Morgan fingerprint density at radius 1 is 1.08 bits per heavy atom. The number of hydrogen-bond acceptors (Lipinski definition) is 5. The maximum atomic E-state index is 12.2. The molecule has 2 rings (SSSR count). The second kappa shape index (κ2) is 8.40. The average molecular weight is 328 g/mol. The summed E-state index contributed by atoms with van der Waals surface area (Å²) in [4.78, 5) is 20.8. The van der Waals surface area contributed by atoms with E-state index in [1.807, 2.05) is 26.0 Å². The lowest BCUT2D eigenvalue weighted by Gasteiger charge is -2.10. The lowest BCUT2D eigenvalue weighted by Crippen LogP contribution is -2.26. The molecule has 0 spiro atoms. The molecule has 1 aromatic carbocycles. The lowest BCUT2D eigenvalue weighted by molar-refractivity contribution is 0.0943. The summed E-state index contributed by atoms with van der Waals surface area (Å²) in [7, 11) is 1.64. The molecular weight excluding hydrogens is 304 g/mol. The van der Waals surface area contributed by atoms with Crippen LogP contribution in [0.3, 0.4) is 0 Å². The van der Waals surface area contributed by atoms with Crippen molar-refractivity contribution in [1.82, 2.24) is 15.3 Å². The van der Waals surface area contributed by atoms with Gasteiger partial charge in [-0.25, -0.2) is 9.97 Å². The van der Waals surface area contributed by atoms with E-state index in [-0.39, 0.29) is 5.91 Å². The molecule has 2 N–H and O–H groups in total. The highest BCUT2D eigenvalue weighted by atomic mass is 16.5. The maximum absolute atomic E-state index is 12.2. The monoisotopic (exact) mass is 328 g/mol. The Morgan fingerprint density at radius 2 is 1.79 bits per heavy atom. The number of anilines is 2. The summed E-state index contributed by atoms with van der Waals surface area (Å²) < 4.78 is 4.97. The summed E-state index contributed by atoms with van der Waals surface area (Å²) in [5.74, 6) is 0.945. The van der Waals surface area contributed by atoms with Crippen LogP contribution in [0.15, 0.2) is 24.3 Å². The quantitative estimate of drug-likeness (QED) is 0.764. The van der Waals surface area contributed by atoms with Crippen LogP contribution in [0, 0.1) is 20.8 Å². The van der Waals surface area contributed by atoms with Crippen molar-refractivity contribution in [2.24, 2.45) is 0 Å². The fraction of sp³-hybridized carbons (Fsp3) is 0.389. The molecular formula is C18H24N4O2. The van der Waals surface area contributed by atoms with Gasteiger partial charge in [-0.2, -0.15) is 0 Å². The van der Waals surface area contributed by atoms with E-state index in [1.54, 1.807) is 20.1 Å². The molecule has 0 atom stereocenters. The van der Waals surface area contributed by atoms with Crippen LogP contribution < -0.4 is 10.6 Å². The summed E-state index contributed by atoms with van der Waals surface area (Å²) in [6, 6.07) is 7.84. The topological polar surface area (TPSA) is 76.1 Å². The van der Waals surface area contributed by atoms with Crippen LogP contribution in [0.25, 0.3) is 0 Å². The van der Waals surface area contributed by atoms with Gasteiger partial charge in [0, 0.05) is 32.0 Å². The summed E-state index contributed by atoms with van der Waals surface area (Å²) in [6.45, 7) is 7.02. The van der Waals surface area contributed by atoms with Crippen molar-refractivity contribution in [2.75, 3.05) is 25.6 Å². The molecule has 0 fully saturated rings. The minimum Gasteiger partial charge on any atom is -0.385 e. The Morgan fingerprint density at radius 3 is 2.46 bits per heavy atom. The molecule has 6 heteroatoms. The molecule has 0 aliphatic carbocycles. The van der Waals surface area contributed by atoms with Crippen molar-refractivity contribution in [1.29, 1.82) is 0 Å². The number of amides is 1. The van der Waals surface area contributed by atoms with Crippen LogP contribution in [0.2, 0.25) is 0 Å². The number of carbonyl (C=O) groups is 1. The molecule has 0 bridgehead atoms. The van der Waals surface area contributed by atoms with Crippen molar-refractivity contribution in [3.05, 3.63) is 46.9 Å². The number of methoxy groups -OCH3 is 1. The fourth-order valence-electron chi connectivity index (χ4n) is 2.45. The van der Waals surface area contributed by atoms with Gasteiger partial charge in [0.05, 0.1) is 0 Å². The number of ether oxygens (including phenoxy) is 1. The Kier molecular flexibility index (Phi) is 6.26. The van der Waals surface area contributed by atoms with Crippen molar-refractivity contribution in [3.63, 3.8) is 0 Å². The molecule has 0 unspecified atom stereocenters. The number of rotatable bonds is 7. The third-order valence-electron chi connectivity index (χ3n) is 3.38. The van der Waals surface area contributed by atoms with Crippen LogP contribution in [-0.4, -0.2) is 36.1 Å². The first-order chi connectivity index (χ1) is 11.5. The molecule has 2 aromatic rings. The zero-order chi connectivity index (χ0) is 17.5. The number of nitrogens with zero attached hydrogens (tertiary/aromatic N) is 2. The summed E-state index contributed by atoms with van der Waals surface area (Å²) in [5.41, 5.74) is 3.63. The second-order valence-electron chi connectivity index (χ2n) is 5.79. The molecule has 0 saturated heterocycles. The highest BCUT2D eigenvalue weighted by molar-refractivity contribution is 5.93. The van der Waals surface area contributed by atoms with E-state index < -0.39 is 0 Å². The van der Waals surface area contributed by atoms with Crippen LogP contribution in [0.5, 0.6) is 0 Å². The molecule has 1 heterocycles. The normalized spacial score (nSPS) is 10.5. The summed E-state index contributed by atoms with van der Waals surface area (Å²) >= 11 is 0. The maximum Gasteiger partial charge on any atom is 0.270 e. The van der Waals surface area contributed by atoms with Gasteiger partial charge in [-0.1, -0.05) is 6.07 Å². The predicted octanol–water partition coefficient (Wildman–Crippen LogP) is 2.91. The van der Waals surface area contributed by atoms with Crippen molar-refractivity contribution >= 4 is 17.4 Å². The van der Waals surface area contributed by atoms with Gasteiger partial charge in [-0.05, 0) is 50.5 Å². The fourth-order valence-corrected chi connectivity index (χ4v) is 2.45. The van der Waals surface area contributed by atoms with Crippen LogP contribution >= 0.6 is 0 Å². The second-order valence-corrected chi connectivity index (χ2v) is 5.79. The van der Waals surface area contributed by atoms with Gasteiger partial charge in [-0.3, -0.25) is 4.79 Å². The number of aryl methyl sites for hydroxylation is 3. The molecule has 128 valence electrons. The van der Waals surface area contributed by atoms with Crippen LogP contribution in [0.4, 0.5) is 11.5 Å². The zero-order valence-electron chi connectivity index (χ0n) is 14.6. The zero-order valence-corrected chi connectivity index (χ0v) is 14.6. The van der Waals surface area contributed by atoms with E-state index in [9.17, 15) is 4.79 Å². The number of carbonyl (C=O) groups excluding carboxylic acids is 1. The molecule has 24 heavy (non-hydrogen) atoms. The minimum atomic E-state index is -0.208. The van der Waals surface area contributed by atoms with E-state index >= 15 is 0 Å². The van der Waals surface area contributed by atoms with Crippen LogP contribution in [-0.2, 0) is 4.74 Å². The van der Waals surface area contributed by atoms with Gasteiger partial charge in [0.25, 0.3) is 5.91 Å². The van der Waals surface area contributed by atoms with E-state index in [0.29, 0.717) is 30.5 Å². The Bertz CT molecular complexity index is 696. The lowest BCUT2D eigenvalue weighted by atomic mass is 10.1. The number of nitrogens with one attached hydrogen (secondary N) is 2. The Labute approximate surface area is 142 Å². The minimum absolute atomic E-state index is 0.208. The Hall–Kier alpha value is -2.47. The number of hydrogen-bond donors (Lipinski definition) is 2. The van der Waals surface area contributed by atoms with Gasteiger partial charge in [0.2, 0.25) is 0 Å². The van der Waals surface area contributed by atoms with E-state index in [4.69, 9.17) is 4.74 Å². The van der Waals surface area contributed by atoms with Crippen molar-refractivity contribution in [2.45, 2.75) is 27.2 Å². The van der Waals surface area contributed by atoms with E-state index in [0.717, 1.165) is 12.1 Å². The largest absolute Gasteiger partial charge is 0.385 e. The van der Waals surface area contributed by atoms with Crippen LogP contribution in [0.1, 0.15) is 33.9 Å². The number of aromatic nitrogens is 2. The third kappa shape index (κ3) is 5.31. The van der Waals surface area contributed by atoms with Gasteiger partial charge >= 0.3 is 0 Å². The summed E-state index contributed by atoms with van der Waals surface area (Å²) in [6.07, 6.45) is 0.764. The van der Waals surface area contributed by atoms with Gasteiger partial charge in [0.15, 0.2) is 0 Å². The molecule has 0 aliphatic heterocycles. The molecule has 1 aromatic heterocycles. The Balaban J connectivity index is 2.11. The number of benzene rings is 1. The third-order valence-corrected chi connectivity index (χ3v) is 3.38. The highest BCUT2D eigenvalue weighted by Gasteiger charge is 2.10. The van der Waals surface area contributed by atoms with E-state index in [2.05, 4.69) is 26.7 Å². The van der Waals surface area contributed by atoms with Gasteiger partial charge in [-0.15, -0.1) is 0 Å². The first kappa shape index (κ1) is 17.9. The predicted molar refractivity (Wildman–Crippen MR) is 94.8 cm³/mol. The SMILES string of the molecule is COCCCNC(=O)c1cc(Nc2cc(C)cc(C)c2)nc(C)n1. The highest BCUT2D eigenvalue weighted by Crippen LogP contribution is 2.19. The molecule has 0 radical (unpaired) electrons. The summed E-state index contributed by atoms with van der Waals surface area (Å²) in [5, 5.41) is 6.08. The van der Waals surface area contributed by atoms with Crippen molar-refractivity contribution in [3.8, 4) is 0 Å². The molecule has 0 aliphatic rings. The van der Waals surface area contributed by atoms with Gasteiger partial charge in [0.1, 0.15) is 17.3 Å². The standard InChI is InChI=1S/C18H24N4O2/c1-12-8-13(2)10-15(9-12)22-17-11-16(20-14(3)21-17)18(23)19-6-5-7-24-4/h8-11H,5-7H2,1-4H3,(H,19,23)(H,20,21,22). The first-order valence-corrected chi connectivity index (χ1v) is 7.96. The van der Waals surface area contributed by atoms with Crippen molar-refractivity contribution < 1.29 is 9.53 Å².